The van der Waals surface area contributed by atoms with Crippen LogP contribution in [0.25, 0.3) is 16.9 Å². The quantitative estimate of drug-likeness (QED) is 0.804. The van der Waals surface area contributed by atoms with Crippen molar-refractivity contribution >= 4 is 11.5 Å². The largest absolute Gasteiger partial charge is 0.356 e. The van der Waals surface area contributed by atoms with Crippen LogP contribution in [0.15, 0.2) is 42.6 Å². The maximum Gasteiger partial charge on any atom is 0.157 e. The number of fused-ring (bicyclic) bond motifs is 1. The predicted octanol–water partition coefficient (Wildman–Crippen LogP) is 2.71. The molecular weight excluding hydrogens is 305 g/mol. The van der Waals surface area contributed by atoms with Crippen molar-refractivity contribution in [1.29, 1.82) is 0 Å². The molecule has 1 aliphatic heterocycles. The molecule has 24 heavy (non-hydrogen) atoms. The van der Waals surface area contributed by atoms with Gasteiger partial charge in [0, 0.05) is 30.8 Å². The van der Waals surface area contributed by atoms with Gasteiger partial charge in [-0.05, 0) is 37.4 Å². The van der Waals surface area contributed by atoms with Crippen LogP contribution in [0.3, 0.4) is 0 Å². The van der Waals surface area contributed by atoms with Crippen molar-refractivity contribution in [2.45, 2.75) is 12.8 Å². The Morgan fingerprint density at radius 1 is 1.17 bits per heavy atom. The van der Waals surface area contributed by atoms with Crippen LogP contribution in [-0.2, 0) is 0 Å². The second kappa shape index (κ2) is 6.20. The Balaban J connectivity index is 1.78. The number of halogens is 1. The Morgan fingerprint density at radius 3 is 2.71 bits per heavy atom. The lowest BCUT2D eigenvalue weighted by Gasteiger charge is -2.33. The van der Waals surface area contributed by atoms with E-state index in [2.05, 4.69) is 15.0 Å². The molecule has 4 rings (SSSR count). The van der Waals surface area contributed by atoms with Crippen LogP contribution >= 0.6 is 0 Å². The van der Waals surface area contributed by atoms with E-state index in [-0.39, 0.29) is 5.82 Å². The molecular formula is C18H20FN5. The fourth-order valence-corrected chi connectivity index (χ4v) is 3.33. The van der Waals surface area contributed by atoms with Gasteiger partial charge in [0.2, 0.25) is 0 Å². The highest BCUT2D eigenvalue weighted by Crippen LogP contribution is 2.28. The lowest BCUT2D eigenvalue weighted by molar-refractivity contribution is 0.412. The maximum atomic E-state index is 14.2. The summed E-state index contributed by atoms with van der Waals surface area (Å²) in [6, 6.07) is 10.5. The van der Waals surface area contributed by atoms with E-state index in [1.807, 2.05) is 22.7 Å². The van der Waals surface area contributed by atoms with E-state index in [1.54, 1.807) is 18.3 Å². The van der Waals surface area contributed by atoms with Gasteiger partial charge in [0.05, 0.1) is 11.9 Å². The normalized spacial score (nSPS) is 16.0. The van der Waals surface area contributed by atoms with Gasteiger partial charge in [0.1, 0.15) is 11.6 Å². The van der Waals surface area contributed by atoms with Gasteiger partial charge in [-0.25, -0.2) is 9.37 Å². The zero-order valence-electron chi connectivity index (χ0n) is 13.4. The number of nitrogens with zero attached hydrogens (tertiary/aromatic N) is 4. The Kier molecular flexibility index (Phi) is 3.90. The highest BCUT2D eigenvalue weighted by Gasteiger charge is 2.21. The van der Waals surface area contributed by atoms with Gasteiger partial charge in [0.15, 0.2) is 5.65 Å². The third-order valence-corrected chi connectivity index (χ3v) is 4.76. The van der Waals surface area contributed by atoms with Crippen LogP contribution in [0.4, 0.5) is 10.2 Å². The van der Waals surface area contributed by atoms with Gasteiger partial charge in [-0.2, -0.15) is 9.61 Å². The summed E-state index contributed by atoms with van der Waals surface area (Å²) in [4.78, 5) is 6.86. The van der Waals surface area contributed by atoms with Gasteiger partial charge in [-0.15, -0.1) is 0 Å². The minimum Gasteiger partial charge on any atom is -0.356 e. The fraction of sp³-hybridized carbons (Fsp3) is 0.333. The molecule has 0 atom stereocenters. The molecule has 0 amide bonds. The number of aromatic nitrogens is 3. The van der Waals surface area contributed by atoms with E-state index < -0.39 is 0 Å². The van der Waals surface area contributed by atoms with Crippen molar-refractivity contribution in [1.82, 2.24) is 14.6 Å². The van der Waals surface area contributed by atoms with Crippen molar-refractivity contribution in [2.24, 2.45) is 11.7 Å². The Labute approximate surface area is 139 Å². The number of hydrogen-bond acceptors (Lipinski definition) is 4. The molecule has 0 spiro atoms. The number of nitrogens with two attached hydrogens (primary N) is 1. The highest BCUT2D eigenvalue weighted by atomic mass is 19.1. The van der Waals surface area contributed by atoms with Crippen molar-refractivity contribution < 1.29 is 4.39 Å². The van der Waals surface area contributed by atoms with Crippen LogP contribution in [0.2, 0.25) is 0 Å². The first-order valence-electron chi connectivity index (χ1n) is 8.31. The third kappa shape index (κ3) is 2.63. The molecule has 0 radical (unpaired) electrons. The number of anilines is 1. The molecule has 3 aromatic rings. The number of hydrogen-bond donors (Lipinski definition) is 1. The maximum absolute atomic E-state index is 14.2. The smallest absolute Gasteiger partial charge is 0.157 e. The molecule has 124 valence electrons. The van der Waals surface area contributed by atoms with Crippen molar-refractivity contribution in [3.63, 3.8) is 0 Å². The zero-order chi connectivity index (χ0) is 16.5. The topological polar surface area (TPSA) is 59.5 Å². The highest BCUT2D eigenvalue weighted by molar-refractivity contribution is 5.67. The van der Waals surface area contributed by atoms with Gasteiger partial charge in [0.25, 0.3) is 0 Å². The molecule has 0 unspecified atom stereocenters. The summed E-state index contributed by atoms with van der Waals surface area (Å²) in [6.07, 6.45) is 3.86. The first kappa shape index (κ1) is 15.1. The lowest BCUT2D eigenvalue weighted by atomic mass is 9.97. The molecule has 5 nitrogen and oxygen atoms in total. The summed E-state index contributed by atoms with van der Waals surface area (Å²) >= 11 is 0. The van der Waals surface area contributed by atoms with E-state index in [0.29, 0.717) is 17.2 Å². The van der Waals surface area contributed by atoms with E-state index in [4.69, 9.17) is 5.73 Å². The summed E-state index contributed by atoms with van der Waals surface area (Å²) in [6.45, 7) is 2.59. The zero-order valence-corrected chi connectivity index (χ0v) is 13.4. The molecule has 6 heteroatoms. The first-order chi connectivity index (χ1) is 11.8. The molecule has 2 N–H and O–H groups in total. The second-order valence-electron chi connectivity index (χ2n) is 6.25. The van der Waals surface area contributed by atoms with Crippen LogP contribution in [0.5, 0.6) is 0 Å². The first-order valence-corrected chi connectivity index (χ1v) is 8.31. The van der Waals surface area contributed by atoms with Crippen molar-refractivity contribution in [3.8, 4) is 11.3 Å². The molecule has 0 saturated carbocycles. The van der Waals surface area contributed by atoms with Crippen LogP contribution in [0, 0.1) is 11.7 Å². The minimum absolute atomic E-state index is 0.262. The molecule has 1 saturated heterocycles. The average molecular weight is 325 g/mol. The Bertz CT molecular complexity index is 851. The fourth-order valence-electron chi connectivity index (χ4n) is 3.33. The van der Waals surface area contributed by atoms with Crippen LogP contribution < -0.4 is 10.6 Å². The number of rotatable bonds is 3. The van der Waals surface area contributed by atoms with Gasteiger partial charge in [-0.3, -0.25) is 0 Å². The van der Waals surface area contributed by atoms with Crippen molar-refractivity contribution in [3.05, 3.63) is 48.4 Å². The summed E-state index contributed by atoms with van der Waals surface area (Å²) in [5.74, 6) is 1.28. The Hall–Kier alpha value is -2.47. The van der Waals surface area contributed by atoms with E-state index in [9.17, 15) is 4.39 Å². The molecule has 3 heterocycles. The molecule has 1 aromatic carbocycles. The van der Waals surface area contributed by atoms with Gasteiger partial charge >= 0.3 is 0 Å². The predicted molar refractivity (Wildman–Crippen MR) is 92.4 cm³/mol. The number of piperidine rings is 1. The molecule has 1 aliphatic rings. The van der Waals surface area contributed by atoms with Crippen LogP contribution in [0.1, 0.15) is 12.8 Å². The third-order valence-electron chi connectivity index (χ3n) is 4.76. The number of benzene rings is 1. The lowest BCUT2D eigenvalue weighted by Crippen LogP contribution is -2.37. The Morgan fingerprint density at radius 2 is 1.96 bits per heavy atom. The van der Waals surface area contributed by atoms with Crippen molar-refractivity contribution in [2.75, 3.05) is 24.5 Å². The molecule has 0 bridgehead atoms. The molecule has 0 aliphatic carbocycles. The standard InChI is InChI=1S/C18H20FN5/c19-15-4-2-1-3-14(15)16-11-18(24-17(22-16)5-8-21-24)23-9-6-13(12-20)7-10-23/h1-5,8,11,13H,6-7,9-10,12,20H2. The van der Waals surface area contributed by atoms with Gasteiger partial charge < -0.3 is 10.6 Å². The summed E-state index contributed by atoms with van der Waals surface area (Å²) in [5.41, 5.74) is 7.67. The molecule has 2 aromatic heterocycles. The molecule has 1 fully saturated rings. The SMILES string of the molecule is NCC1CCN(c2cc(-c3ccccc3F)nc3ccnn23)CC1. The van der Waals surface area contributed by atoms with Crippen LogP contribution in [-0.4, -0.2) is 34.2 Å². The van der Waals surface area contributed by atoms with E-state index in [1.165, 1.54) is 6.07 Å². The minimum atomic E-state index is -0.262. The van der Waals surface area contributed by atoms with E-state index >= 15 is 0 Å². The van der Waals surface area contributed by atoms with Gasteiger partial charge in [-0.1, -0.05) is 12.1 Å². The summed E-state index contributed by atoms with van der Waals surface area (Å²) in [7, 11) is 0. The second-order valence-corrected chi connectivity index (χ2v) is 6.25. The summed E-state index contributed by atoms with van der Waals surface area (Å²) < 4.78 is 16.0. The average Bonchev–Trinajstić information content (AvgIpc) is 3.10. The summed E-state index contributed by atoms with van der Waals surface area (Å²) in [5, 5.41) is 4.38. The van der Waals surface area contributed by atoms with E-state index in [0.717, 1.165) is 43.9 Å². The monoisotopic (exact) mass is 325 g/mol.